The van der Waals surface area contributed by atoms with Gasteiger partial charge in [0.05, 0.1) is 6.54 Å². The summed E-state index contributed by atoms with van der Waals surface area (Å²) in [4.78, 5) is 14.2. The molecule has 32 heavy (non-hydrogen) atoms. The number of ketones is 1. The lowest BCUT2D eigenvalue weighted by Gasteiger charge is -2.58. The fraction of sp³-hybridized carbons (Fsp3) is 0.808. The fourth-order valence-corrected chi connectivity index (χ4v) is 8.07. The van der Waals surface area contributed by atoms with Gasteiger partial charge in [-0.15, -0.1) is 35.6 Å². The van der Waals surface area contributed by atoms with Crippen LogP contribution in [0, 0.1) is 40.4 Å². The third-order valence-corrected chi connectivity index (χ3v) is 9.85. The molecule has 3 nitrogen and oxygen atoms in total. The number of alkyl halides is 2. The minimum Gasteiger partial charge on any atom is -0.377 e. The first-order valence-electron chi connectivity index (χ1n) is 12.1. The molecule has 4 aliphatic rings. The second kappa shape index (κ2) is 10.2. The number of hydrogen-bond acceptors (Lipinski definition) is 3. The van der Waals surface area contributed by atoms with Crippen molar-refractivity contribution in [1.82, 2.24) is 4.90 Å². The SMILES string of the molecule is CC12CCC(=O)C=C1CCC1C2CCC2(C)C1CCC2(O)C#CCN(CCCl)CCCl.Cl. The van der Waals surface area contributed by atoms with Gasteiger partial charge in [0.1, 0.15) is 5.60 Å². The van der Waals surface area contributed by atoms with E-state index in [0.717, 1.165) is 58.0 Å². The summed E-state index contributed by atoms with van der Waals surface area (Å²) in [5.41, 5.74) is 0.525. The van der Waals surface area contributed by atoms with E-state index in [1.54, 1.807) is 0 Å². The fourth-order valence-electron chi connectivity index (χ4n) is 7.59. The Hall–Kier alpha value is -0.240. The zero-order chi connectivity index (χ0) is 22.3. The van der Waals surface area contributed by atoms with E-state index in [4.69, 9.17) is 23.2 Å². The molecule has 0 saturated heterocycles. The standard InChI is InChI=1S/C26H37Cl2NO2.ClH/c1-24-10-6-20(30)18-19(24)4-5-21-22(24)7-11-25(2)23(21)8-12-26(25,31)9-3-15-29(16-13-27)17-14-28;/h18,21-23,31H,4-8,10-17H2,1-2H3;1H. The predicted molar refractivity (Wildman–Crippen MR) is 135 cm³/mol. The topological polar surface area (TPSA) is 40.5 Å². The van der Waals surface area contributed by atoms with Crippen molar-refractivity contribution in [3.63, 3.8) is 0 Å². The minimum atomic E-state index is -0.907. The van der Waals surface area contributed by atoms with Crippen LogP contribution < -0.4 is 0 Å². The highest BCUT2D eigenvalue weighted by atomic mass is 35.5. The Morgan fingerprint density at radius 1 is 1.06 bits per heavy atom. The molecule has 0 amide bonds. The van der Waals surface area contributed by atoms with Gasteiger partial charge < -0.3 is 5.11 Å². The van der Waals surface area contributed by atoms with Gasteiger partial charge in [-0.3, -0.25) is 9.69 Å². The summed E-state index contributed by atoms with van der Waals surface area (Å²) in [6.45, 7) is 6.84. The Bertz CT molecular complexity index is 799. The lowest BCUT2D eigenvalue weighted by atomic mass is 9.46. The Labute approximate surface area is 210 Å². The van der Waals surface area contributed by atoms with E-state index in [2.05, 4.69) is 30.6 Å². The molecule has 0 bridgehead atoms. The average Bonchev–Trinajstić information content (AvgIpc) is 3.00. The van der Waals surface area contributed by atoms with Crippen molar-refractivity contribution in [2.45, 2.75) is 70.8 Å². The summed E-state index contributed by atoms with van der Waals surface area (Å²) in [5, 5.41) is 11.7. The molecule has 4 rings (SSSR count). The highest BCUT2D eigenvalue weighted by Gasteiger charge is 2.63. The lowest BCUT2D eigenvalue weighted by molar-refractivity contribution is -0.119. The molecule has 0 aromatic carbocycles. The number of halogens is 3. The normalized spacial score (nSPS) is 40.4. The van der Waals surface area contributed by atoms with Crippen LogP contribution in [-0.4, -0.2) is 52.8 Å². The smallest absolute Gasteiger partial charge is 0.155 e. The molecule has 6 heteroatoms. The second-order valence-corrected chi connectivity index (χ2v) is 11.5. The monoisotopic (exact) mass is 501 g/mol. The van der Waals surface area contributed by atoms with E-state index in [0.29, 0.717) is 48.3 Å². The molecule has 4 aliphatic carbocycles. The maximum absolute atomic E-state index is 12.0. The first-order chi connectivity index (χ1) is 14.8. The summed E-state index contributed by atoms with van der Waals surface area (Å²) >= 11 is 11.8. The van der Waals surface area contributed by atoms with E-state index >= 15 is 0 Å². The van der Waals surface area contributed by atoms with Crippen LogP contribution in [0.4, 0.5) is 0 Å². The number of rotatable bonds is 5. The largest absolute Gasteiger partial charge is 0.377 e. The van der Waals surface area contributed by atoms with Crippen LogP contribution in [0.3, 0.4) is 0 Å². The second-order valence-electron chi connectivity index (χ2n) is 10.8. The van der Waals surface area contributed by atoms with Gasteiger partial charge in [-0.05, 0) is 74.2 Å². The van der Waals surface area contributed by atoms with Crippen molar-refractivity contribution in [1.29, 1.82) is 0 Å². The summed E-state index contributed by atoms with van der Waals surface area (Å²) in [7, 11) is 0. The van der Waals surface area contributed by atoms with Crippen molar-refractivity contribution in [3.05, 3.63) is 11.6 Å². The molecule has 3 saturated carbocycles. The van der Waals surface area contributed by atoms with E-state index < -0.39 is 5.60 Å². The van der Waals surface area contributed by atoms with Gasteiger partial charge in [0, 0.05) is 36.7 Å². The molecule has 0 heterocycles. The summed E-state index contributed by atoms with van der Waals surface area (Å²) in [6.07, 6.45) is 9.86. The number of carbonyl (C=O) groups excluding carboxylic acids is 1. The zero-order valence-corrected chi connectivity index (χ0v) is 21.8. The lowest BCUT2D eigenvalue weighted by Crippen LogP contribution is -2.54. The van der Waals surface area contributed by atoms with Crippen LogP contribution in [-0.2, 0) is 4.79 Å². The van der Waals surface area contributed by atoms with Crippen molar-refractivity contribution in [2.75, 3.05) is 31.4 Å². The molecule has 0 radical (unpaired) electrons. The molecular weight excluding hydrogens is 465 g/mol. The van der Waals surface area contributed by atoms with Crippen LogP contribution in [0.5, 0.6) is 0 Å². The molecule has 0 aliphatic heterocycles. The molecule has 1 N–H and O–H groups in total. The summed E-state index contributed by atoms with van der Waals surface area (Å²) in [5.74, 6) is 9.85. The van der Waals surface area contributed by atoms with E-state index in [9.17, 15) is 9.90 Å². The van der Waals surface area contributed by atoms with Crippen molar-refractivity contribution >= 4 is 41.4 Å². The Morgan fingerprint density at radius 2 is 1.75 bits per heavy atom. The Kier molecular flexibility index (Phi) is 8.38. The van der Waals surface area contributed by atoms with Gasteiger partial charge in [0.15, 0.2) is 5.78 Å². The highest BCUT2D eigenvalue weighted by molar-refractivity contribution is 6.18. The summed E-state index contributed by atoms with van der Waals surface area (Å²) < 4.78 is 0. The van der Waals surface area contributed by atoms with Gasteiger partial charge in [-0.1, -0.05) is 31.3 Å². The number of fused-ring (bicyclic) bond motifs is 5. The summed E-state index contributed by atoms with van der Waals surface area (Å²) in [6, 6.07) is 0. The third kappa shape index (κ3) is 4.40. The van der Waals surface area contributed by atoms with E-state index in [1.807, 2.05) is 6.08 Å². The number of allylic oxidation sites excluding steroid dienone is 1. The van der Waals surface area contributed by atoms with Crippen LogP contribution in [0.1, 0.15) is 65.2 Å². The maximum Gasteiger partial charge on any atom is 0.155 e. The van der Waals surface area contributed by atoms with Gasteiger partial charge in [-0.25, -0.2) is 0 Å². The van der Waals surface area contributed by atoms with Crippen LogP contribution in [0.2, 0.25) is 0 Å². The van der Waals surface area contributed by atoms with Crippen molar-refractivity contribution in [3.8, 4) is 11.8 Å². The maximum atomic E-state index is 12.0. The van der Waals surface area contributed by atoms with E-state index in [-0.39, 0.29) is 23.2 Å². The Morgan fingerprint density at radius 3 is 2.44 bits per heavy atom. The van der Waals surface area contributed by atoms with Crippen molar-refractivity contribution < 1.29 is 9.90 Å². The highest BCUT2D eigenvalue weighted by Crippen LogP contribution is 2.67. The van der Waals surface area contributed by atoms with Gasteiger partial charge in [0.25, 0.3) is 0 Å². The molecule has 180 valence electrons. The quantitative estimate of drug-likeness (QED) is 0.401. The van der Waals surface area contributed by atoms with Crippen LogP contribution in [0.25, 0.3) is 0 Å². The first kappa shape index (κ1) is 26.4. The van der Waals surface area contributed by atoms with Crippen molar-refractivity contribution in [2.24, 2.45) is 28.6 Å². The first-order valence-corrected chi connectivity index (χ1v) is 13.1. The molecule has 6 unspecified atom stereocenters. The number of hydrogen-bond donors (Lipinski definition) is 1. The molecule has 3 fully saturated rings. The molecule has 0 aromatic heterocycles. The average molecular weight is 503 g/mol. The number of carbonyl (C=O) groups is 1. The van der Waals surface area contributed by atoms with E-state index in [1.165, 1.54) is 5.57 Å². The minimum absolute atomic E-state index is 0. The molecule has 6 atom stereocenters. The number of aliphatic hydroxyl groups is 1. The molecule has 0 spiro atoms. The van der Waals surface area contributed by atoms with Gasteiger partial charge in [0.2, 0.25) is 0 Å². The third-order valence-electron chi connectivity index (χ3n) is 9.51. The molecular formula is C26H38Cl3NO2. The van der Waals surface area contributed by atoms with Crippen LogP contribution in [0.15, 0.2) is 11.6 Å². The zero-order valence-electron chi connectivity index (χ0n) is 19.5. The molecule has 0 aromatic rings. The van der Waals surface area contributed by atoms with Crippen LogP contribution >= 0.6 is 35.6 Å². The van der Waals surface area contributed by atoms with Gasteiger partial charge >= 0.3 is 0 Å². The Balaban J connectivity index is 0.00000289. The van der Waals surface area contributed by atoms with Gasteiger partial charge in [-0.2, -0.15) is 0 Å². The number of nitrogens with zero attached hydrogens (tertiary/aromatic N) is 1. The predicted octanol–water partition coefficient (Wildman–Crippen LogP) is 5.45.